The number of amides is 1. The number of methoxy groups -OCH3 is 1. The van der Waals surface area contributed by atoms with Crippen molar-refractivity contribution >= 4 is 171 Å². The summed E-state index contributed by atoms with van der Waals surface area (Å²) < 4.78 is 35.3. The maximum Gasteiger partial charge on any atom is 0.338 e. The van der Waals surface area contributed by atoms with Crippen LogP contribution in [0.2, 0.25) is 10.0 Å². The monoisotopic (exact) mass is 1420 g/mol. The smallest absolute Gasteiger partial charge is 0.338 e. The summed E-state index contributed by atoms with van der Waals surface area (Å²) in [5, 5.41) is 13.8. The lowest BCUT2D eigenvalue weighted by Gasteiger charge is -2.08. The summed E-state index contributed by atoms with van der Waals surface area (Å²) >= 11 is 24.9. The van der Waals surface area contributed by atoms with E-state index in [-0.39, 0.29) is 33.7 Å². The van der Waals surface area contributed by atoms with Crippen molar-refractivity contribution in [3.05, 3.63) is 242 Å². The van der Waals surface area contributed by atoms with Gasteiger partial charge in [0.2, 0.25) is 0 Å². The highest BCUT2D eigenvalue weighted by molar-refractivity contribution is 9.11. The van der Waals surface area contributed by atoms with Crippen molar-refractivity contribution in [2.45, 2.75) is 44.9 Å². The Morgan fingerprint density at radius 1 is 0.602 bits per heavy atom. The first-order chi connectivity index (χ1) is 39.4. The van der Waals surface area contributed by atoms with Gasteiger partial charge in [-0.2, -0.15) is 0 Å². The molecule has 0 atom stereocenters. The number of nitrogens with zero attached hydrogens (tertiary/aromatic N) is 1. The summed E-state index contributed by atoms with van der Waals surface area (Å²) in [5.74, 6) is -2.08. The number of aromatic nitrogens is 1. The lowest BCUT2D eigenvalue weighted by molar-refractivity contribution is -0.134. The van der Waals surface area contributed by atoms with Crippen LogP contribution in [0.5, 0.6) is 0 Å². The zero-order chi connectivity index (χ0) is 60.4. The summed E-state index contributed by atoms with van der Waals surface area (Å²) in [6, 6.07) is 44.3. The van der Waals surface area contributed by atoms with E-state index in [1.54, 1.807) is 97.9 Å². The highest BCUT2D eigenvalue weighted by atomic mass is 79.9. The Labute approximate surface area is 522 Å². The molecule has 0 unspecified atom stereocenters. The summed E-state index contributed by atoms with van der Waals surface area (Å²) in [7, 11) is -2.44. The van der Waals surface area contributed by atoms with Crippen LogP contribution >= 0.6 is 86.9 Å². The molecule has 0 fully saturated rings. The highest BCUT2D eigenvalue weighted by Crippen LogP contribution is 2.38. The van der Waals surface area contributed by atoms with Gasteiger partial charge in [-0.25, -0.2) is 22.0 Å². The topological polar surface area (TPSA) is 209 Å². The number of ether oxygens (including phenoxy) is 1. The molecular weight excluding hydrogens is 1380 g/mol. The zero-order valence-electron chi connectivity index (χ0n) is 44.5. The Hall–Kier alpha value is -7.03. The van der Waals surface area contributed by atoms with E-state index in [0.29, 0.717) is 56.7 Å². The van der Waals surface area contributed by atoms with E-state index in [2.05, 4.69) is 75.1 Å². The lowest BCUT2D eigenvalue weighted by atomic mass is 10.0. The van der Waals surface area contributed by atoms with Gasteiger partial charge < -0.3 is 20.9 Å². The van der Waals surface area contributed by atoms with Crippen LogP contribution in [0, 0.1) is 0 Å². The van der Waals surface area contributed by atoms with Crippen LogP contribution in [0.3, 0.4) is 0 Å². The number of anilines is 2. The highest BCUT2D eigenvalue weighted by Gasteiger charge is 2.32. The molecule has 424 valence electrons. The summed E-state index contributed by atoms with van der Waals surface area (Å²) in [6.07, 6.45) is 4.96. The largest absolute Gasteiger partial charge is 0.478 e. The summed E-state index contributed by atoms with van der Waals surface area (Å²) in [4.78, 5) is 70.6. The van der Waals surface area contributed by atoms with Crippen molar-refractivity contribution in [3.8, 4) is 0 Å². The molecule has 1 heterocycles. The van der Waals surface area contributed by atoms with E-state index < -0.39 is 22.0 Å². The van der Waals surface area contributed by atoms with E-state index in [1.807, 2.05) is 48.5 Å². The second-order valence-electron chi connectivity index (χ2n) is 18.6. The zero-order valence-corrected chi connectivity index (χ0v) is 53.2. The van der Waals surface area contributed by atoms with Gasteiger partial charge in [0.15, 0.2) is 17.3 Å². The molecular formula is C63H49Br4Cl2N3O10S. The second-order valence-corrected chi connectivity index (χ2v) is 24.9. The number of hydrogen-bond donors (Lipinski definition) is 3. The fourth-order valence-corrected chi connectivity index (χ4v) is 12.3. The molecule has 1 amide bonds. The van der Waals surface area contributed by atoms with E-state index in [1.165, 1.54) is 48.8 Å². The number of aliphatic carboxylic acids is 1. The first-order valence-corrected chi connectivity index (χ1v) is 30.3. The fraction of sp³-hybridized carbons (Fsp3) is 0.111. The lowest BCUT2D eigenvalue weighted by Crippen LogP contribution is -2.17. The molecule has 3 aliphatic carbocycles. The van der Waals surface area contributed by atoms with Crippen molar-refractivity contribution in [1.29, 1.82) is 0 Å². The van der Waals surface area contributed by atoms with Crippen LogP contribution in [0.4, 0.5) is 11.4 Å². The first-order valence-electron chi connectivity index (χ1n) is 24.9. The number of rotatable bonds is 9. The van der Waals surface area contributed by atoms with E-state index in [0.717, 1.165) is 68.4 Å². The number of esters is 1. The predicted molar refractivity (Wildman–Crippen MR) is 341 cm³/mol. The molecule has 20 heteroatoms. The molecule has 11 rings (SSSR count). The van der Waals surface area contributed by atoms with Crippen LogP contribution in [-0.4, -0.2) is 59.8 Å². The Balaban J connectivity index is 0.000000155. The molecule has 0 saturated heterocycles. The summed E-state index contributed by atoms with van der Waals surface area (Å²) in [6.45, 7) is 4.44. The number of carbonyl (C=O) groups is 6. The van der Waals surface area contributed by atoms with E-state index >= 15 is 0 Å². The van der Waals surface area contributed by atoms with E-state index in [9.17, 15) is 37.2 Å². The molecule has 0 saturated carbocycles. The first kappa shape index (κ1) is 63.5. The molecule has 8 aromatic rings. The molecule has 1 aromatic heterocycles. The Bertz CT molecular complexity index is 4090. The van der Waals surface area contributed by atoms with Crippen LogP contribution in [0.1, 0.15) is 64.5 Å². The fourth-order valence-electron chi connectivity index (χ4n) is 9.11. The maximum atomic E-state index is 12.8. The molecule has 0 bridgehead atoms. The van der Waals surface area contributed by atoms with Gasteiger partial charge >= 0.3 is 11.9 Å². The van der Waals surface area contributed by atoms with E-state index in [4.69, 9.17) is 38.8 Å². The maximum absolute atomic E-state index is 12.8. The minimum atomic E-state index is -3.75. The number of Topliss-reactive ketones (excluding diaryl/α,β-unsaturated/α-hetero) is 3. The van der Waals surface area contributed by atoms with Crippen molar-refractivity contribution in [2.75, 3.05) is 18.2 Å². The number of carbonyl (C=O) groups excluding carboxylic acids is 5. The number of nitrogens with two attached hydrogens (primary N) is 1. The van der Waals surface area contributed by atoms with Crippen LogP contribution in [0.25, 0.3) is 27.6 Å². The molecule has 4 N–H and O–H groups in total. The number of fused-ring (bicyclic) bond motifs is 4. The van der Waals surface area contributed by atoms with Crippen LogP contribution in [0.15, 0.2) is 198 Å². The van der Waals surface area contributed by atoms with Crippen molar-refractivity contribution < 1.29 is 47.0 Å². The SMILES string of the molecule is CC(=O)C1=C(C(=O)O)Cc2cc(Br)ccc21.CC(=O)C1=CCc2cc(Br)ccc21.CC(=O)c1cn(S(=O)(=O)c2ccccc2)c2cc(Br)ccc12.COC(=O)C1=C(C(=O)Nc2ccc(Cl)cc2)Cc2cc(Br)ccc21.Nc1ccc(Cl)cc1. The average molecular weight is 1430 g/mol. The van der Waals surface area contributed by atoms with Gasteiger partial charge in [0, 0.05) is 86.0 Å². The normalized spacial score (nSPS) is 12.5. The number of hydrogen-bond acceptors (Lipinski definition) is 10. The minimum absolute atomic E-state index is 0.154. The third-order valence-corrected chi connectivity index (χ3v) is 17.1. The standard InChI is InChI=1S/C18H13BrClNO3.C16H12BrNO3S.C12H9BrO3.C11H9BrO.C6H6ClN/c1-24-18(23)16-14-7-2-11(19)8-10(14)9-15(16)17(22)21-13-5-3-12(20)4-6-13;1-11(19)15-10-18(16-9-12(17)7-8-14(15)16)22(20,21)13-5-3-2-4-6-13;1-6(14)11-9-3-2-8(13)4-7(9)5-10(11)12(15)16;1-7(13)10-4-2-8-6-9(12)3-5-11(8)10;7-5-1-3-6(8)4-2-5/h2-8H,9H2,1H3,(H,21,22);2-10H,1H3;2-4H,5H2,1H3,(H,15,16);3-6H,2H2,1H3;1-4H,8H2. The molecule has 13 nitrogen and oxygen atoms in total. The number of allylic oxidation sites excluding steroid dienone is 3. The van der Waals surface area contributed by atoms with Gasteiger partial charge in [-0.05, 0) is 170 Å². The second kappa shape index (κ2) is 28.0. The number of nitrogen functional groups attached to an aromatic ring is 1. The number of nitrogens with one attached hydrogen (secondary N) is 1. The van der Waals surface area contributed by atoms with Crippen molar-refractivity contribution in [3.63, 3.8) is 0 Å². The molecule has 7 aromatic carbocycles. The molecule has 0 radical (unpaired) electrons. The Morgan fingerprint density at radius 3 is 1.63 bits per heavy atom. The van der Waals surface area contributed by atoms with Gasteiger partial charge in [-0.1, -0.05) is 135 Å². The third-order valence-electron chi connectivity index (χ3n) is 12.9. The Morgan fingerprint density at radius 2 is 1.11 bits per heavy atom. The van der Waals surface area contributed by atoms with Crippen LogP contribution in [-0.2, 0) is 58.0 Å². The predicted octanol–water partition coefficient (Wildman–Crippen LogP) is 15.4. The summed E-state index contributed by atoms with van der Waals surface area (Å²) in [5.41, 5.74) is 15.3. The molecule has 0 spiro atoms. The number of halogens is 6. The Kier molecular flexibility index (Phi) is 21.5. The van der Waals surface area contributed by atoms with Crippen molar-refractivity contribution in [1.82, 2.24) is 3.97 Å². The van der Waals surface area contributed by atoms with Gasteiger partial charge in [0.1, 0.15) is 0 Å². The average Bonchev–Trinajstić information content (AvgIpc) is 2.64. The van der Waals surface area contributed by atoms with Gasteiger partial charge in [-0.3, -0.25) is 19.2 Å². The number of ketones is 3. The van der Waals surface area contributed by atoms with Gasteiger partial charge in [-0.15, -0.1) is 0 Å². The van der Waals surface area contributed by atoms with Gasteiger partial charge in [0.25, 0.3) is 15.9 Å². The number of carboxylic acids is 1. The molecule has 83 heavy (non-hydrogen) atoms. The minimum Gasteiger partial charge on any atom is -0.478 e. The molecule has 0 aliphatic heterocycles. The number of benzene rings is 7. The van der Waals surface area contributed by atoms with Crippen LogP contribution < -0.4 is 11.1 Å². The third kappa shape index (κ3) is 15.6. The van der Waals surface area contributed by atoms with Crippen molar-refractivity contribution in [2.24, 2.45) is 0 Å². The van der Waals surface area contributed by atoms with Gasteiger partial charge in [0.05, 0.1) is 28.7 Å². The quantitative estimate of drug-likeness (QED) is 0.0703. The number of carboxylic acid groups (broad SMARTS) is 1. The molecule has 3 aliphatic rings.